The van der Waals surface area contributed by atoms with E-state index in [2.05, 4.69) is 24.5 Å². The second kappa shape index (κ2) is 7.20. The Labute approximate surface area is 87.4 Å². The van der Waals surface area contributed by atoms with Crippen molar-refractivity contribution in [2.24, 2.45) is 5.92 Å². The Balaban J connectivity index is 3.15. The molecule has 0 saturated heterocycles. The van der Waals surface area contributed by atoms with Gasteiger partial charge in [-0.3, -0.25) is 0 Å². The van der Waals surface area contributed by atoms with Gasteiger partial charge in [-0.05, 0) is 12.5 Å². The Bertz CT molecular complexity index is 225. The number of hydrogen-bond acceptors (Lipinski definition) is 4. The highest BCUT2D eigenvalue weighted by Crippen LogP contribution is 1.85. The fraction of sp³-hybridized carbons (Fsp3) is 1.00. The predicted octanol–water partition coefficient (Wildman–Crippen LogP) is -0.134. The van der Waals surface area contributed by atoms with Crippen molar-refractivity contribution in [3.63, 3.8) is 0 Å². The molecule has 5 heteroatoms. The van der Waals surface area contributed by atoms with Crippen LogP contribution in [-0.4, -0.2) is 46.6 Å². The molecule has 0 aromatic carbocycles. The summed E-state index contributed by atoms with van der Waals surface area (Å²) in [6.07, 6.45) is 1.26. The first-order valence-electron chi connectivity index (χ1n) is 5.01. The Morgan fingerprint density at radius 2 is 1.64 bits per heavy atom. The van der Waals surface area contributed by atoms with Crippen molar-refractivity contribution in [3.8, 4) is 0 Å². The molecule has 4 nitrogen and oxygen atoms in total. The molecular weight excluding hydrogens is 200 g/mol. The zero-order valence-electron chi connectivity index (χ0n) is 9.34. The van der Waals surface area contributed by atoms with Gasteiger partial charge in [0.1, 0.15) is 9.84 Å². The van der Waals surface area contributed by atoms with Gasteiger partial charge in [-0.1, -0.05) is 13.8 Å². The highest BCUT2D eigenvalue weighted by atomic mass is 32.2. The van der Waals surface area contributed by atoms with Gasteiger partial charge in [0.15, 0.2) is 0 Å². The summed E-state index contributed by atoms with van der Waals surface area (Å²) in [4.78, 5) is 0. The summed E-state index contributed by atoms with van der Waals surface area (Å²) in [6.45, 7) is 7.58. The lowest BCUT2D eigenvalue weighted by Gasteiger charge is -2.07. The van der Waals surface area contributed by atoms with Crippen molar-refractivity contribution in [1.82, 2.24) is 10.6 Å². The Morgan fingerprint density at radius 3 is 2.14 bits per heavy atom. The van der Waals surface area contributed by atoms with Crippen molar-refractivity contribution < 1.29 is 8.42 Å². The molecule has 0 radical (unpaired) electrons. The molecule has 0 bridgehead atoms. The van der Waals surface area contributed by atoms with Gasteiger partial charge in [0.2, 0.25) is 0 Å². The Kier molecular flexibility index (Phi) is 7.13. The molecule has 0 aliphatic carbocycles. The molecule has 0 heterocycles. The summed E-state index contributed by atoms with van der Waals surface area (Å²) >= 11 is 0. The minimum absolute atomic E-state index is 0.219. The van der Waals surface area contributed by atoms with Crippen LogP contribution in [-0.2, 0) is 9.84 Å². The van der Waals surface area contributed by atoms with E-state index < -0.39 is 9.84 Å². The van der Waals surface area contributed by atoms with E-state index in [9.17, 15) is 8.42 Å². The van der Waals surface area contributed by atoms with E-state index in [4.69, 9.17) is 0 Å². The van der Waals surface area contributed by atoms with Gasteiger partial charge >= 0.3 is 0 Å². The first-order chi connectivity index (χ1) is 6.42. The fourth-order valence-corrected chi connectivity index (χ4v) is 1.47. The SMILES string of the molecule is CC(C)CNCCNCCS(C)(=O)=O. The van der Waals surface area contributed by atoms with Crippen LogP contribution in [0.5, 0.6) is 0 Å². The molecule has 0 rings (SSSR count). The van der Waals surface area contributed by atoms with E-state index in [1.165, 1.54) is 6.26 Å². The maximum absolute atomic E-state index is 10.8. The third-order valence-corrected chi connectivity index (χ3v) is 2.63. The van der Waals surface area contributed by atoms with Gasteiger partial charge in [0, 0.05) is 25.9 Å². The van der Waals surface area contributed by atoms with Crippen LogP contribution in [0.3, 0.4) is 0 Å². The second-order valence-corrected chi connectivity index (χ2v) is 6.24. The predicted molar refractivity (Wildman–Crippen MR) is 60.3 cm³/mol. The molecule has 86 valence electrons. The largest absolute Gasteiger partial charge is 0.315 e. The van der Waals surface area contributed by atoms with E-state index in [0.717, 1.165) is 19.6 Å². The molecule has 0 fully saturated rings. The van der Waals surface area contributed by atoms with Crippen LogP contribution in [0.15, 0.2) is 0 Å². The summed E-state index contributed by atoms with van der Waals surface area (Å²) in [5.41, 5.74) is 0. The van der Waals surface area contributed by atoms with Crippen LogP contribution in [0, 0.1) is 5.92 Å². The molecule has 0 spiro atoms. The summed E-state index contributed by atoms with van der Waals surface area (Å²) in [5.74, 6) is 0.878. The average Bonchev–Trinajstić information content (AvgIpc) is 2.00. The number of hydrogen-bond donors (Lipinski definition) is 2. The van der Waals surface area contributed by atoms with E-state index in [0.29, 0.717) is 12.5 Å². The third kappa shape index (κ3) is 11.9. The highest BCUT2D eigenvalue weighted by Gasteiger charge is 1.99. The number of nitrogens with one attached hydrogen (secondary N) is 2. The lowest BCUT2D eigenvalue weighted by atomic mass is 10.2. The molecule has 0 unspecified atom stereocenters. The van der Waals surface area contributed by atoms with Crippen LogP contribution in [0.4, 0.5) is 0 Å². The minimum Gasteiger partial charge on any atom is -0.315 e. The molecule has 0 saturated carbocycles. The fourth-order valence-electron chi connectivity index (χ4n) is 0.950. The molecule has 0 atom stereocenters. The van der Waals surface area contributed by atoms with Crippen LogP contribution < -0.4 is 10.6 Å². The first kappa shape index (κ1) is 13.9. The highest BCUT2D eigenvalue weighted by molar-refractivity contribution is 7.90. The Hall–Kier alpha value is -0.130. The third-order valence-electron chi connectivity index (χ3n) is 1.68. The van der Waals surface area contributed by atoms with Crippen molar-refractivity contribution in [2.45, 2.75) is 13.8 Å². The average molecular weight is 222 g/mol. The smallest absolute Gasteiger partial charge is 0.148 e. The monoisotopic (exact) mass is 222 g/mol. The van der Waals surface area contributed by atoms with Crippen molar-refractivity contribution in [2.75, 3.05) is 38.2 Å². The van der Waals surface area contributed by atoms with E-state index >= 15 is 0 Å². The van der Waals surface area contributed by atoms with E-state index in [1.807, 2.05) is 0 Å². The number of sulfone groups is 1. The summed E-state index contributed by atoms with van der Waals surface area (Å²) < 4.78 is 21.5. The van der Waals surface area contributed by atoms with Crippen molar-refractivity contribution in [3.05, 3.63) is 0 Å². The molecule has 0 aliphatic rings. The van der Waals surface area contributed by atoms with Gasteiger partial charge in [0.05, 0.1) is 5.75 Å². The van der Waals surface area contributed by atoms with Gasteiger partial charge < -0.3 is 10.6 Å². The van der Waals surface area contributed by atoms with Gasteiger partial charge in [-0.25, -0.2) is 8.42 Å². The molecule has 0 amide bonds. The van der Waals surface area contributed by atoms with Gasteiger partial charge in [-0.2, -0.15) is 0 Å². The summed E-state index contributed by atoms with van der Waals surface area (Å²) in [7, 11) is -2.81. The summed E-state index contributed by atoms with van der Waals surface area (Å²) in [6, 6.07) is 0. The van der Waals surface area contributed by atoms with Crippen molar-refractivity contribution in [1.29, 1.82) is 0 Å². The quantitative estimate of drug-likeness (QED) is 0.562. The molecular formula is C9H22N2O2S. The number of rotatable bonds is 8. The van der Waals surface area contributed by atoms with E-state index in [1.54, 1.807) is 0 Å². The molecule has 0 aliphatic heterocycles. The van der Waals surface area contributed by atoms with Gasteiger partial charge in [-0.15, -0.1) is 0 Å². The molecule has 2 N–H and O–H groups in total. The van der Waals surface area contributed by atoms with Crippen LogP contribution >= 0.6 is 0 Å². The normalized spacial score (nSPS) is 12.3. The molecule has 14 heavy (non-hydrogen) atoms. The van der Waals surface area contributed by atoms with Crippen LogP contribution in [0.1, 0.15) is 13.8 Å². The molecule has 0 aromatic rings. The van der Waals surface area contributed by atoms with Crippen molar-refractivity contribution >= 4 is 9.84 Å². The summed E-state index contributed by atoms with van der Waals surface area (Å²) in [5, 5.41) is 6.34. The maximum atomic E-state index is 10.8. The maximum Gasteiger partial charge on any atom is 0.148 e. The van der Waals surface area contributed by atoms with E-state index in [-0.39, 0.29) is 5.75 Å². The first-order valence-corrected chi connectivity index (χ1v) is 7.07. The zero-order valence-corrected chi connectivity index (χ0v) is 10.2. The zero-order chi connectivity index (χ0) is 11.0. The standard InChI is InChI=1S/C9H22N2O2S/c1-9(2)8-11-5-4-10-6-7-14(3,12)13/h9-11H,4-8H2,1-3H3. The lowest BCUT2D eigenvalue weighted by molar-refractivity contribution is 0.538. The van der Waals surface area contributed by atoms with Crippen LogP contribution in [0.2, 0.25) is 0 Å². The van der Waals surface area contributed by atoms with Gasteiger partial charge in [0.25, 0.3) is 0 Å². The molecule has 0 aromatic heterocycles. The van der Waals surface area contributed by atoms with Crippen LogP contribution in [0.25, 0.3) is 0 Å². The second-order valence-electron chi connectivity index (χ2n) is 3.98. The Morgan fingerprint density at radius 1 is 1.07 bits per heavy atom. The minimum atomic E-state index is -2.81. The topological polar surface area (TPSA) is 58.2 Å². The lowest BCUT2D eigenvalue weighted by Crippen LogP contribution is -2.32.